The number of ether oxygens (including phenoxy) is 1. The fourth-order valence-corrected chi connectivity index (χ4v) is 1.48. The maximum absolute atomic E-state index is 11.9. The zero-order chi connectivity index (χ0) is 13.4. The van der Waals surface area contributed by atoms with Gasteiger partial charge in [0.15, 0.2) is 0 Å². The van der Waals surface area contributed by atoms with Crippen molar-refractivity contribution in [3.8, 4) is 0 Å². The number of hydrogen-bond donors (Lipinski definition) is 0. The van der Waals surface area contributed by atoms with Crippen LogP contribution < -0.4 is 0 Å². The van der Waals surface area contributed by atoms with E-state index in [9.17, 15) is 9.59 Å². The van der Waals surface area contributed by atoms with Crippen LogP contribution in [-0.4, -0.2) is 41.1 Å². The number of nitrogens with zero attached hydrogens (tertiary/aromatic N) is 2. The van der Waals surface area contributed by atoms with Crippen LogP contribution in [-0.2, 0) is 9.53 Å². The van der Waals surface area contributed by atoms with Gasteiger partial charge in [0.25, 0.3) is 5.91 Å². The number of carbonyl (C=O) groups excluding carboxylic acids is 2. The van der Waals surface area contributed by atoms with Crippen LogP contribution in [0.5, 0.6) is 0 Å². The average molecular weight is 240 g/mol. The smallest absolute Gasteiger partial charge is 0.418 e. The lowest BCUT2D eigenvalue weighted by molar-refractivity contribution is -0.129. The third-order valence-electron chi connectivity index (χ3n) is 2.65. The first kappa shape index (κ1) is 13.5. The van der Waals surface area contributed by atoms with E-state index in [1.165, 1.54) is 0 Å². The predicted molar refractivity (Wildman–Crippen MR) is 64.1 cm³/mol. The third-order valence-corrected chi connectivity index (χ3v) is 2.65. The summed E-state index contributed by atoms with van der Waals surface area (Å²) in [7, 11) is 1.84. The van der Waals surface area contributed by atoms with E-state index >= 15 is 0 Å². The lowest BCUT2D eigenvalue weighted by Gasteiger charge is -2.35. The largest absolute Gasteiger partial charge is 0.443 e. The molecule has 1 heterocycles. The van der Waals surface area contributed by atoms with E-state index in [4.69, 9.17) is 4.74 Å². The second kappa shape index (κ2) is 4.39. The minimum atomic E-state index is -0.597. The number of hydrogen-bond acceptors (Lipinski definition) is 4. The SMILES string of the molecule is CC1=C(C)N(C)CN(C(=O)OC(C)(C)C)C1=O. The first-order valence-electron chi connectivity index (χ1n) is 5.57. The van der Waals surface area contributed by atoms with Crippen LogP contribution in [0.4, 0.5) is 4.79 Å². The van der Waals surface area contributed by atoms with Crippen LogP contribution in [0, 0.1) is 0 Å². The fraction of sp³-hybridized carbons (Fsp3) is 0.667. The molecular weight excluding hydrogens is 220 g/mol. The molecule has 0 bridgehead atoms. The minimum Gasteiger partial charge on any atom is -0.443 e. The van der Waals surface area contributed by atoms with E-state index in [1.54, 1.807) is 27.7 Å². The highest BCUT2D eigenvalue weighted by Crippen LogP contribution is 2.20. The quantitative estimate of drug-likeness (QED) is 0.649. The average Bonchev–Trinajstić information content (AvgIpc) is 2.17. The molecule has 0 saturated heterocycles. The van der Waals surface area contributed by atoms with Crippen LogP contribution in [0.1, 0.15) is 34.6 Å². The van der Waals surface area contributed by atoms with Crippen molar-refractivity contribution < 1.29 is 14.3 Å². The first-order chi connectivity index (χ1) is 7.63. The summed E-state index contributed by atoms with van der Waals surface area (Å²) in [6.07, 6.45) is -0.596. The number of rotatable bonds is 0. The summed E-state index contributed by atoms with van der Waals surface area (Å²) in [6.45, 7) is 9.13. The third kappa shape index (κ3) is 2.99. The Morgan fingerprint density at radius 1 is 1.29 bits per heavy atom. The van der Waals surface area contributed by atoms with E-state index in [0.717, 1.165) is 10.6 Å². The van der Waals surface area contributed by atoms with Crippen molar-refractivity contribution in [1.29, 1.82) is 0 Å². The molecule has 5 nitrogen and oxygen atoms in total. The second-order valence-electron chi connectivity index (χ2n) is 5.26. The minimum absolute atomic E-state index is 0.233. The lowest BCUT2D eigenvalue weighted by Crippen LogP contribution is -2.49. The van der Waals surface area contributed by atoms with Crippen LogP contribution >= 0.6 is 0 Å². The summed E-state index contributed by atoms with van der Waals surface area (Å²) in [5.41, 5.74) is 0.861. The summed E-state index contributed by atoms with van der Waals surface area (Å²) in [5, 5.41) is 0. The zero-order valence-corrected chi connectivity index (χ0v) is 11.3. The second-order valence-corrected chi connectivity index (χ2v) is 5.26. The van der Waals surface area contributed by atoms with Gasteiger partial charge in [-0.25, -0.2) is 9.69 Å². The lowest BCUT2D eigenvalue weighted by atomic mass is 10.1. The topological polar surface area (TPSA) is 49.9 Å². The van der Waals surface area contributed by atoms with Crippen molar-refractivity contribution in [2.45, 2.75) is 40.2 Å². The molecule has 0 N–H and O–H groups in total. The first-order valence-corrected chi connectivity index (χ1v) is 5.57. The van der Waals surface area contributed by atoms with E-state index < -0.39 is 11.7 Å². The molecule has 0 aromatic heterocycles. The van der Waals surface area contributed by atoms with E-state index in [1.807, 2.05) is 18.9 Å². The van der Waals surface area contributed by atoms with Gasteiger partial charge in [-0.2, -0.15) is 0 Å². The molecule has 1 rings (SSSR count). The number of amides is 2. The Hall–Kier alpha value is -1.52. The Balaban J connectivity index is 2.88. The highest BCUT2D eigenvalue weighted by Gasteiger charge is 2.33. The molecule has 0 unspecified atom stereocenters. The van der Waals surface area contributed by atoms with Crippen molar-refractivity contribution in [3.05, 3.63) is 11.3 Å². The standard InChI is InChI=1S/C12H20N2O3/c1-8-9(2)13(6)7-14(10(8)15)11(16)17-12(3,4)5/h7H2,1-6H3. The van der Waals surface area contributed by atoms with Crippen molar-refractivity contribution in [1.82, 2.24) is 9.80 Å². The van der Waals surface area contributed by atoms with E-state index in [-0.39, 0.29) is 12.6 Å². The van der Waals surface area contributed by atoms with Crippen molar-refractivity contribution >= 4 is 12.0 Å². The summed E-state index contributed by atoms with van der Waals surface area (Å²) < 4.78 is 5.20. The van der Waals surface area contributed by atoms with Gasteiger partial charge >= 0.3 is 6.09 Å². The van der Waals surface area contributed by atoms with E-state index in [2.05, 4.69) is 0 Å². The molecule has 0 aromatic carbocycles. The molecule has 5 heteroatoms. The van der Waals surface area contributed by atoms with Gasteiger partial charge in [-0.15, -0.1) is 0 Å². The maximum Gasteiger partial charge on any atom is 0.418 e. The monoisotopic (exact) mass is 240 g/mol. The van der Waals surface area contributed by atoms with Gasteiger partial charge in [-0.1, -0.05) is 0 Å². The van der Waals surface area contributed by atoms with Gasteiger partial charge in [0.05, 0.1) is 0 Å². The molecule has 96 valence electrons. The summed E-state index contributed by atoms with van der Waals surface area (Å²) in [5.74, 6) is -0.283. The van der Waals surface area contributed by atoms with Gasteiger partial charge in [0.1, 0.15) is 12.3 Å². The van der Waals surface area contributed by atoms with E-state index in [0.29, 0.717) is 5.57 Å². The molecule has 0 fully saturated rings. The molecule has 0 atom stereocenters. The Bertz CT molecular complexity index is 380. The van der Waals surface area contributed by atoms with Crippen molar-refractivity contribution in [2.75, 3.05) is 13.7 Å². The molecule has 2 amide bonds. The van der Waals surface area contributed by atoms with Crippen LogP contribution in [0.2, 0.25) is 0 Å². The maximum atomic E-state index is 11.9. The molecular formula is C12H20N2O3. The van der Waals surface area contributed by atoms with Crippen molar-refractivity contribution in [3.63, 3.8) is 0 Å². The number of allylic oxidation sites excluding steroid dienone is 1. The highest BCUT2D eigenvalue weighted by molar-refractivity contribution is 6.03. The van der Waals surface area contributed by atoms with Gasteiger partial charge in [0, 0.05) is 18.3 Å². The summed E-state index contributed by atoms with van der Waals surface area (Å²) >= 11 is 0. The fourth-order valence-electron chi connectivity index (χ4n) is 1.48. The molecule has 0 radical (unpaired) electrons. The summed E-state index contributed by atoms with van der Waals surface area (Å²) in [4.78, 5) is 26.8. The van der Waals surface area contributed by atoms with Gasteiger partial charge < -0.3 is 9.64 Å². The van der Waals surface area contributed by atoms with Gasteiger partial charge in [-0.3, -0.25) is 4.79 Å². The molecule has 17 heavy (non-hydrogen) atoms. The van der Waals surface area contributed by atoms with Crippen LogP contribution in [0.25, 0.3) is 0 Å². The van der Waals surface area contributed by atoms with Crippen LogP contribution in [0.15, 0.2) is 11.3 Å². The Kier molecular flexibility index (Phi) is 3.50. The predicted octanol–water partition coefficient (Wildman–Crippen LogP) is 1.95. The Labute approximate surface area is 102 Å². The molecule has 1 aliphatic rings. The van der Waals surface area contributed by atoms with Gasteiger partial charge in [0.2, 0.25) is 0 Å². The molecule has 0 spiro atoms. The number of carbonyl (C=O) groups is 2. The summed E-state index contributed by atoms with van der Waals surface area (Å²) in [6, 6.07) is 0. The Morgan fingerprint density at radius 3 is 2.29 bits per heavy atom. The molecule has 0 aromatic rings. The molecule has 0 aliphatic carbocycles. The molecule has 1 aliphatic heterocycles. The van der Waals surface area contributed by atoms with Crippen molar-refractivity contribution in [2.24, 2.45) is 0 Å². The van der Waals surface area contributed by atoms with Crippen LogP contribution in [0.3, 0.4) is 0 Å². The highest BCUT2D eigenvalue weighted by atomic mass is 16.6. The molecule has 0 saturated carbocycles. The Morgan fingerprint density at radius 2 is 1.82 bits per heavy atom. The number of imide groups is 1. The van der Waals surface area contributed by atoms with Gasteiger partial charge in [-0.05, 0) is 34.6 Å². The zero-order valence-electron chi connectivity index (χ0n) is 11.3. The normalized spacial score (nSPS) is 17.6.